The van der Waals surface area contributed by atoms with E-state index in [0.29, 0.717) is 0 Å². The number of carbonyl (C=O) groups is 2. The van der Waals surface area contributed by atoms with Crippen molar-refractivity contribution in [1.82, 2.24) is 9.55 Å². The molecule has 4 N–H and O–H groups in total. The van der Waals surface area contributed by atoms with Crippen LogP contribution in [0.15, 0.2) is 29.2 Å². The van der Waals surface area contributed by atoms with E-state index < -0.39 is 48.7 Å². The van der Waals surface area contributed by atoms with Crippen molar-refractivity contribution in [2.24, 2.45) is 0 Å². The highest BCUT2D eigenvalue weighted by Gasteiger charge is 2.43. The molecule has 31 heavy (non-hydrogen) atoms. The monoisotopic (exact) mass is 439 g/mol. The molecule has 0 radical (unpaired) electrons. The fourth-order valence-electron chi connectivity index (χ4n) is 2.95. The average Bonchev–Trinajstić information content (AvgIpc) is 3.02. The smallest absolute Gasteiger partial charge is 0.351 e. The van der Waals surface area contributed by atoms with Crippen molar-refractivity contribution in [3.05, 3.63) is 34.9 Å². The molecule has 2 rings (SSSR count). The Morgan fingerprint density at radius 1 is 1.29 bits per heavy atom. The number of ether oxygens (including phenoxy) is 2. The maximum atomic E-state index is 12.2. The fraction of sp³-hybridized carbons (Fsp3) is 0.600. The number of nitrogens with zero attached hydrogens (tertiary/aromatic N) is 2. The van der Waals surface area contributed by atoms with E-state index in [9.17, 15) is 24.6 Å². The van der Waals surface area contributed by atoms with E-state index in [0.717, 1.165) is 17.4 Å². The molecule has 172 valence electrons. The molecule has 0 bridgehead atoms. The minimum atomic E-state index is -1.42. The molecule has 1 fully saturated rings. The molecule has 1 saturated heterocycles. The molecule has 11 nitrogen and oxygen atoms in total. The van der Waals surface area contributed by atoms with Crippen LogP contribution in [0.1, 0.15) is 45.3 Å². The third kappa shape index (κ3) is 7.24. The molecule has 11 heteroatoms. The van der Waals surface area contributed by atoms with Crippen molar-refractivity contribution in [3.8, 4) is 0 Å². The van der Waals surface area contributed by atoms with Crippen LogP contribution in [0.3, 0.4) is 0 Å². The summed E-state index contributed by atoms with van der Waals surface area (Å²) in [4.78, 5) is 39.6. The second-order valence-corrected chi connectivity index (χ2v) is 7.08. The molecule has 1 aromatic rings. The number of allylic oxidation sites excluding steroid dienone is 1. The normalized spacial score (nSPS) is 23.2. The van der Waals surface area contributed by atoms with E-state index in [1.54, 1.807) is 6.08 Å². The Labute approximate surface area is 179 Å². The van der Waals surface area contributed by atoms with Crippen molar-refractivity contribution < 1.29 is 34.4 Å². The summed E-state index contributed by atoms with van der Waals surface area (Å²) in [5.41, 5.74) is -0.813. The summed E-state index contributed by atoms with van der Waals surface area (Å²) in [6, 6.07) is 1.34. The number of hydrogen-bond donors (Lipinski definition) is 4. The van der Waals surface area contributed by atoms with Crippen LogP contribution in [0.4, 0.5) is 5.82 Å². The van der Waals surface area contributed by atoms with Gasteiger partial charge in [0.2, 0.25) is 5.91 Å². The van der Waals surface area contributed by atoms with E-state index in [1.807, 2.05) is 6.08 Å². The van der Waals surface area contributed by atoms with Crippen LogP contribution in [0.2, 0.25) is 0 Å². The van der Waals surface area contributed by atoms with Gasteiger partial charge in [-0.05, 0) is 18.9 Å². The number of hydrogen-bond acceptors (Lipinski definition) is 9. The second kappa shape index (κ2) is 12.3. The van der Waals surface area contributed by atoms with Gasteiger partial charge in [-0.1, -0.05) is 25.5 Å². The summed E-state index contributed by atoms with van der Waals surface area (Å²) in [7, 11) is 0. The lowest BCUT2D eigenvalue weighted by Crippen LogP contribution is -2.36. The Balaban J connectivity index is 1.79. The molecule has 0 aliphatic carbocycles. The van der Waals surface area contributed by atoms with Gasteiger partial charge in [0.25, 0.3) is 0 Å². The highest BCUT2D eigenvalue weighted by molar-refractivity contribution is 5.89. The van der Waals surface area contributed by atoms with Crippen LogP contribution >= 0.6 is 0 Å². The van der Waals surface area contributed by atoms with Crippen LogP contribution in [0, 0.1) is 0 Å². The molecular formula is C20H29N3O8. The van der Waals surface area contributed by atoms with Gasteiger partial charge in [0.1, 0.15) is 30.7 Å². The van der Waals surface area contributed by atoms with Gasteiger partial charge >= 0.3 is 11.7 Å². The summed E-state index contributed by atoms with van der Waals surface area (Å²) < 4.78 is 11.3. The standard InChI is InChI=1S/C20H29N3O8/c1-2-3-4-5-11-30-16(26)8-6-7-15(25)21-14-9-10-23(20(29)22-14)19-18(28)17(27)13(12-24)31-19/h4-5,9-10,13,17-19,24,27-28H,2-3,6-8,11-12H2,1H3,(H,21,22,25,29). The molecular weight excluding hydrogens is 410 g/mol. The fourth-order valence-corrected chi connectivity index (χ4v) is 2.95. The Kier molecular flexibility index (Phi) is 9.79. The SMILES string of the molecule is CCCC=CCOC(=O)CCCC(=O)Nc1ccn(C2OC(CO)C(O)C2O)c(=O)n1. The van der Waals surface area contributed by atoms with Crippen LogP contribution in [0.5, 0.6) is 0 Å². The molecule has 1 aromatic heterocycles. The lowest BCUT2D eigenvalue weighted by molar-refractivity contribution is -0.142. The summed E-state index contributed by atoms with van der Waals surface area (Å²) in [5.74, 6) is -0.817. The number of esters is 1. The first kappa shape index (κ1) is 24.7. The second-order valence-electron chi connectivity index (χ2n) is 7.08. The van der Waals surface area contributed by atoms with Gasteiger partial charge in [0.15, 0.2) is 6.23 Å². The van der Waals surface area contributed by atoms with E-state index in [1.165, 1.54) is 12.3 Å². The van der Waals surface area contributed by atoms with Crippen molar-refractivity contribution in [2.75, 3.05) is 18.5 Å². The zero-order valence-corrected chi connectivity index (χ0v) is 17.3. The van der Waals surface area contributed by atoms with E-state index in [4.69, 9.17) is 14.6 Å². The topological polar surface area (TPSA) is 160 Å². The number of nitrogens with one attached hydrogen (secondary N) is 1. The summed E-state index contributed by atoms with van der Waals surface area (Å²) >= 11 is 0. The van der Waals surface area contributed by atoms with E-state index in [2.05, 4.69) is 17.2 Å². The molecule has 2 heterocycles. The zero-order chi connectivity index (χ0) is 22.8. The maximum absolute atomic E-state index is 12.2. The van der Waals surface area contributed by atoms with Crippen molar-refractivity contribution in [3.63, 3.8) is 0 Å². The molecule has 0 spiro atoms. The molecule has 1 aliphatic rings. The predicted molar refractivity (Wildman–Crippen MR) is 109 cm³/mol. The third-order valence-electron chi connectivity index (χ3n) is 4.64. The van der Waals surface area contributed by atoms with Crippen molar-refractivity contribution in [1.29, 1.82) is 0 Å². The number of unbranched alkanes of at least 4 members (excludes halogenated alkanes) is 1. The highest BCUT2D eigenvalue weighted by atomic mass is 16.6. The molecule has 4 unspecified atom stereocenters. The van der Waals surface area contributed by atoms with Gasteiger partial charge in [0, 0.05) is 19.0 Å². The first-order chi connectivity index (χ1) is 14.9. The van der Waals surface area contributed by atoms with Crippen LogP contribution in [-0.4, -0.2) is 68.3 Å². The van der Waals surface area contributed by atoms with Crippen molar-refractivity contribution in [2.45, 2.75) is 63.6 Å². The number of aromatic nitrogens is 2. The summed E-state index contributed by atoms with van der Waals surface area (Å²) in [6.07, 6.45) is 2.34. The molecule has 0 aromatic carbocycles. The van der Waals surface area contributed by atoms with Crippen LogP contribution in [0.25, 0.3) is 0 Å². The van der Waals surface area contributed by atoms with Gasteiger partial charge in [-0.25, -0.2) is 4.79 Å². The van der Waals surface area contributed by atoms with E-state index >= 15 is 0 Å². The minimum absolute atomic E-state index is 0.00151. The maximum Gasteiger partial charge on any atom is 0.351 e. The van der Waals surface area contributed by atoms with Gasteiger partial charge in [-0.3, -0.25) is 14.2 Å². The number of rotatable bonds is 11. The molecule has 1 amide bonds. The third-order valence-corrected chi connectivity index (χ3v) is 4.64. The van der Waals surface area contributed by atoms with Crippen molar-refractivity contribution >= 4 is 17.7 Å². The molecule has 1 aliphatic heterocycles. The Bertz CT molecular complexity index is 825. The van der Waals surface area contributed by atoms with Gasteiger partial charge in [0.05, 0.1) is 6.61 Å². The zero-order valence-electron chi connectivity index (χ0n) is 17.3. The van der Waals surface area contributed by atoms with Gasteiger partial charge in [-0.2, -0.15) is 4.98 Å². The molecule has 4 atom stereocenters. The number of aliphatic hydroxyl groups is 3. The summed E-state index contributed by atoms with van der Waals surface area (Å²) in [5, 5.41) is 31.4. The predicted octanol–water partition coefficient (Wildman–Crippen LogP) is -0.137. The Morgan fingerprint density at radius 2 is 2.06 bits per heavy atom. The number of anilines is 1. The Morgan fingerprint density at radius 3 is 2.71 bits per heavy atom. The van der Waals surface area contributed by atoms with Crippen LogP contribution < -0.4 is 11.0 Å². The summed E-state index contributed by atoms with van der Waals surface area (Å²) in [6.45, 7) is 1.74. The number of amides is 1. The first-order valence-electron chi connectivity index (χ1n) is 10.2. The lowest BCUT2D eigenvalue weighted by Gasteiger charge is -2.17. The average molecular weight is 439 g/mol. The molecule has 0 saturated carbocycles. The van der Waals surface area contributed by atoms with Gasteiger partial charge in [-0.15, -0.1) is 0 Å². The van der Waals surface area contributed by atoms with Crippen LogP contribution in [-0.2, 0) is 19.1 Å². The Hall–Kier alpha value is -2.60. The lowest BCUT2D eigenvalue weighted by atomic mass is 10.1. The number of carbonyl (C=O) groups excluding carboxylic acids is 2. The van der Waals surface area contributed by atoms with E-state index in [-0.39, 0.29) is 31.7 Å². The quantitative estimate of drug-likeness (QED) is 0.272. The highest BCUT2D eigenvalue weighted by Crippen LogP contribution is 2.28. The largest absolute Gasteiger partial charge is 0.461 e. The number of aliphatic hydroxyl groups excluding tert-OH is 3. The first-order valence-corrected chi connectivity index (χ1v) is 10.2. The van der Waals surface area contributed by atoms with Gasteiger partial charge < -0.3 is 30.1 Å². The minimum Gasteiger partial charge on any atom is -0.461 e.